The van der Waals surface area contributed by atoms with Crippen LogP contribution in [0.15, 0.2) is 83.5 Å². The van der Waals surface area contributed by atoms with Gasteiger partial charge in [-0.3, -0.25) is 4.79 Å². The Balaban J connectivity index is 1.14. The summed E-state index contributed by atoms with van der Waals surface area (Å²) >= 11 is 0. The fraction of sp³-hybridized carbons (Fsp3) is 0.419. The number of anilines is 2. The van der Waals surface area contributed by atoms with Gasteiger partial charge in [-0.1, -0.05) is 37.0 Å². The molecule has 2 aromatic rings. The molecule has 0 radical (unpaired) electrons. The molecule has 2 atom stereocenters. The Kier molecular flexibility index (Phi) is 9.17. The molecule has 8 nitrogen and oxygen atoms in total. The first kappa shape index (κ1) is 37.3. The molecule has 3 aliphatic heterocycles. The number of nitroso groups, excluding NO2 is 1. The zero-order valence-electron chi connectivity index (χ0n) is 31.8. The van der Waals surface area contributed by atoms with Crippen LogP contribution >= 0.6 is 0 Å². The van der Waals surface area contributed by atoms with Gasteiger partial charge in [0, 0.05) is 76.7 Å². The van der Waals surface area contributed by atoms with Gasteiger partial charge in [0.2, 0.25) is 24.8 Å². The Bertz CT molecular complexity index is 2180. The number of Topliss-reactive ketones (excluding diaryl/α,β-unsaturated/α-hetero) is 1. The first-order valence-electron chi connectivity index (χ1n) is 19.0. The lowest BCUT2D eigenvalue weighted by molar-refractivity contribution is -0.455. The van der Waals surface area contributed by atoms with Crippen molar-refractivity contribution in [2.45, 2.75) is 57.4 Å². The number of methoxy groups -OCH3 is 1. The number of benzene rings is 2. The van der Waals surface area contributed by atoms with Crippen molar-refractivity contribution >= 4 is 34.1 Å². The first-order chi connectivity index (χ1) is 26.2. The predicted molar refractivity (Wildman–Crippen MR) is 207 cm³/mol. The minimum atomic E-state index is -3.33. The zero-order valence-corrected chi connectivity index (χ0v) is 31.8. The van der Waals surface area contributed by atoms with Gasteiger partial charge >= 0.3 is 5.69 Å². The summed E-state index contributed by atoms with van der Waals surface area (Å²) in [6, 6.07) is 3.51. The summed E-state index contributed by atoms with van der Waals surface area (Å²) in [7, 11) is 3.55. The lowest BCUT2D eigenvalue weighted by atomic mass is 9.76. The van der Waals surface area contributed by atoms with E-state index in [1.807, 2.05) is 30.2 Å². The maximum atomic E-state index is 16.5. The summed E-state index contributed by atoms with van der Waals surface area (Å²) in [5.41, 5.74) is 4.60. The number of fused-ring (bicyclic) bond motifs is 7. The van der Waals surface area contributed by atoms with E-state index in [9.17, 15) is 9.70 Å². The van der Waals surface area contributed by atoms with Crippen LogP contribution in [-0.4, -0.2) is 69.7 Å². The lowest BCUT2D eigenvalue weighted by Crippen LogP contribution is -2.44. The summed E-state index contributed by atoms with van der Waals surface area (Å²) in [5.74, 6) is -6.28. The van der Waals surface area contributed by atoms with Gasteiger partial charge in [0.15, 0.2) is 17.2 Å². The van der Waals surface area contributed by atoms with Gasteiger partial charge in [-0.25, -0.2) is 0 Å². The molecule has 3 heterocycles. The SMILES string of the molecule is C=C(C)C(F)(F)c1cc2c(c3c1C1=CC=CC4CCC(C(=O)c5cc(F)c([N+](=O)C/C=C/CNC6(C)CC6)c(F)c5)=CC(=C14)CCN3C)N1C[N+]21CCOC. The van der Waals surface area contributed by atoms with E-state index in [2.05, 4.69) is 23.8 Å². The van der Waals surface area contributed by atoms with E-state index >= 15 is 17.6 Å². The van der Waals surface area contributed by atoms with Crippen molar-refractivity contribution in [1.82, 2.24) is 9.91 Å². The van der Waals surface area contributed by atoms with E-state index < -0.39 is 29.0 Å². The highest BCUT2D eigenvalue weighted by Crippen LogP contribution is 2.65. The molecule has 12 heteroatoms. The first-order valence-corrected chi connectivity index (χ1v) is 19.0. The minimum absolute atomic E-state index is 0.0983. The van der Waals surface area contributed by atoms with Crippen LogP contribution in [0.4, 0.5) is 40.3 Å². The summed E-state index contributed by atoms with van der Waals surface area (Å²) in [6.07, 6.45) is 14.4. The van der Waals surface area contributed by atoms with Gasteiger partial charge in [0.25, 0.3) is 5.92 Å². The second-order valence-electron chi connectivity index (χ2n) is 16.0. The van der Waals surface area contributed by atoms with Crippen molar-refractivity contribution in [1.29, 1.82) is 0 Å². The molecular formula is C43H47F4N5O3+2. The maximum absolute atomic E-state index is 16.5. The highest BCUT2D eigenvalue weighted by Gasteiger charge is 2.69. The van der Waals surface area contributed by atoms with Crippen LogP contribution in [0, 0.1) is 22.5 Å². The molecule has 2 aromatic carbocycles. The third kappa shape index (κ3) is 6.22. The molecule has 288 valence electrons. The molecule has 8 rings (SSSR count). The van der Waals surface area contributed by atoms with Gasteiger partial charge in [-0.15, -0.1) is 0 Å². The zero-order chi connectivity index (χ0) is 39.0. The van der Waals surface area contributed by atoms with Crippen LogP contribution in [0.1, 0.15) is 67.4 Å². The Morgan fingerprint density at radius 2 is 1.91 bits per heavy atom. The Morgan fingerprint density at radius 3 is 2.60 bits per heavy atom. The molecule has 2 fully saturated rings. The largest absolute Gasteiger partial charge is 0.379 e. The second kappa shape index (κ2) is 13.5. The lowest BCUT2D eigenvalue weighted by Gasteiger charge is -2.39. The topological polar surface area (TPSA) is 64.7 Å². The molecule has 1 saturated carbocycles. The average Bonchev–Trinajstić information content (AvgIpc) is 4.05. The molecule has 0 amide bonds. The summed E-state index contributed by atoms with van der Waals surface area (Å²) in [5, 5.41) is 5.57. The standard InChI is InChI=1S/C43H47F4N5O3/c1-26(2)43(46,47)32-24-35-39(50-25-52(35,50)19-20-55-5)40-37(32)31-10-8-9-27-11-12-29(21-28(36(27)31)13-18-49(40)4)41(53)30-22-33(44)38(34(45)23-30)51(54)17-7-6-16-48-42(3)14-15-42/h6-10,21-24,27,48H,1,11-20,25H2,2-5H3/q+2/b7-6+. The van der Waals surface area contributed by atoms with Crippen LogP contribution in [-0.2, 0) is 10.7 Å². The van der Waals surface area contributed by atoms with Crippen molar-refractivity contribution in [3.8, 4) is 0 Å². The predicted octanol–water partition coefficient (Wildman–Crippen LogP) is 8.71. The highest BCUT2D eigenvalue weighted by atomic mass is 19.3. The van der Waals surface area contributed by atoms with Crippen LogP contribution < -0.4 is 19.8 Å². The van der Waals surface area contributed by atoms with Gasteiger partial charge in [0.1, 0.15) is 6.54 Å². The van der Waals surface area contributed by atoms with Crippen molar-refractivity contribution in [3.63, 3.8) is 0 Å². The molecule has 0 spiro atoms. The van der Waals surface area contributed by atoms with E-state index in [1.165, 1.54) is 6.92 Å². The Morgan fingerprint density at radius 1 is 1.16 bits per heavy atom. The fourth-order valence-electron chi connectivity index (χ4n) is 8.64. The van der Waals surface area contributed by atoms with Crippen LogP contribution in [0.2, 0.25) is 0 Å². The number of alkyl halides is 2. The number of ether oxygens (including phenoxy) is 1. The minimum Gasteiger partial charge on any atom is -0.379 e. The van der Waals surface area contributed by atoms with Crippen molar-refractivity contribution in [2.24, 2.45) is 5.92 Å². The maximum Gasteiger partial charge on any atom is 0.327 e. The number of nitrogens with zero attached hydrogens (tertiary/aromatic N) is 4. The van der Waals surface area contributed by atoms with Crippen molar-refractivity contribution < 1.29 is 31.9 Å². The molecule has 6 aliphatic rings. The molecule has 55 heavy (non-hydrogen) atoms. The van der Waals surface area contributed by atoms with Crippen LogP contribution in [0.3, 0.4) is 0 Å². The number of quaternary nitrogens is 1. The number of allylic oxidation sites excluding steroid dienone is 8. The third-order valence-corrected chi connectivity index (χ3v) is 12.2. The number of carbonyl (C=O) groups is 1. The molecule has 0 aromatic heterocycles. The number of nitrogens with one attached hydrogen (secondary N) is 1. The average molecular weight is 758 g/mol. The summed E-state index contributed by atoms with van der Waals surface area (Å²) in [4.78, 5) is 28.8. The van der Waals surface area contributed by atoms with Crippen LogP contribution in [0.5, 0.6) is 0 Å². The van der Waals surface area contributed by atoms with E-state index in [0.29, 0.717) is 73.5 Å². The molecule has 0 bridgehead atoms. The van der Waals surface area contributed by atoms with Crippen molar-refractivity contribution in [2.75, 3.05) is 63.5 Å². The van der Waals surface area contributed by atoms with Gasteiger partial charge in [-0.2, -0.15) is 27.2 Å². The monoisotopic (exact) mass is 757 g/mol. The van der Waals surface area contributed by atoms with Gasteiger partial charge in [0.05, 0.1) is 12.3 Å². The van der Waals surface area contributed by atoms with Crippen molar-refractivity contribution in [3.05, 3.63) is 117 Å². The van der Waals surface area contributed by atoms with E-state index in [1.54, 1.807) is 31.4 Å². The van der Waals surface area contributed by atoms with E-state index in [4.69, 9.17) is 4.74 Å². The summed E-state index contributed by atoms with van der Waals surface area (Å²) in [6.45, 7) is 9.77. The van der Waals surface area contributed by atoms with Crippen LogP contribution in [0.25, 0.3) is 5.57 Å². The van der Waals surface area contributed by atoms with E-state index in [0.717, 1.165) is 53.2 Å². The quantitative estimate of drug-likeness (QED) is 0.0551. The third-order valence-electron chi connectivity index (χ3n) is 12.2. The number of hydrogen-bond acceptors (Lipinski definition) is 6. The molecule has 3 aliphatic carbocycles. The normalized spacial score (nSPS) is 23.0. The second-order valence-corrected chi connectivity index (χ2v) is 16.0. The van der Waals surface area contributed by atoms with Gasteiger partial charge < -0.3 is 15.0 Å². The smallest absolute Gasteiger partial charge is 0.327 e. The number of hydrogen-bond donors (Lipinski definition) is 1. The Hall–Kier alpha value is -4.65. The Labute approximate surface area is 318 Å². The molecule has 1 saturated heterocycles. The number of ketones is 1. The molecular weight excluding hydrogens is 710 g/mol. The highest BCUT2D eigenvalue weighted by molar-refractivity contribution is 6.10. The van der Waals surface area contributed by atoms with E-state index in [-0.39, 0.29) is 39.5 Å². The number of rotatable bonds is 13. The van der Waals surface area contributed by atoms with Gasteiger partial charge in [-0.05, 0) is 86.5 Å². The molecule has 2 unspecified atom stereocenters. The molecule has 1 N–H and O–H groups in total. The summed E-state index contributed by atoms with van der Waals surface area (Å²) < 4.78 is 69.9. The fourth-order valence-corrected chi connectivity index (χ4v) is 8.64. The number of halogens is 4. The number of carbonyl (C=O) groups excluding carboxylic acids is 1.